The minimum absolute atomic E-state index is 0.0403. The maximum Gasteiger partial charge on any atom is 0.225 e. The van der Waals surface area contributed by atoms with Crippen LogP contribution in [0.5, 0.6) is 0 Å². The van der Waals surface area contributed by atoms with Crippen LogP contribution in [0.3, 0.4) is 0 Å². The molecule has 1 aliphatic rings. The molecule has 26 heavy (non-hydrogen) atoms. The van der Waals surface area contributed by atoms with Gasteiger partial charge >= 0.3 is 0 Å². The molecule has 2 atom stereocenters. The van der Waals surface area contributed by atoms with Crippen LogP contribution in [0.15, 0.2) is 30.3 Å². The molecule has 2 unspecified atom stereocenters. The molecule has 1 heterocycles. The largest absolute Gasteiger partial charge is 0.349 e. The van der Waals surface area contributed by atoms with E-state index in [0.717, 1.165) is 18.4 Å². The summed E-state index contributed by atoms with van der Waals surface area (Å²) in [7, 11) is -3.06. The minimum atomic E-state index is -3.06. The van der Waals surface area contributed by atoms with Gasteiger partial charge in [0, 0.05) is 19.5 Å². The molecule has 7 heteroatoms. The summed E-state index contributed by atoms with van der Waals surface area (Å²) in [6, 6.07) is 8.71. The summed E-state index contributed by atoms with van der Waals surface area (Å²) >= 11 is 0. The highest BCUT2D eigenvalue weighted by Gasteiger charge is 2.35. The Bertz CT molecular complexity index is 718. The lowest BCUT2D eigenvalue weighted by molar-refractivity contribution is -0.134. The second-order valence-electron chi connectivity index (χ2n) is 6.87. The van der Waals surface area contributed by atoms with E-state index in [9.17, 15) is 18.0 Å². The van der Waals surface area contributed by atoms with Crippen molar-refractivity contribution < 1.29 is 18.0 Å². The van der Waals surface area contributed by atoms with Crippen molar-refractivity contribution in [3.63, 3.8) is 0 Å². The summed E-state index contributed by atoms with van der Waals surface area (Å²) in [5.74, 6) is -0.127. The van der Waals surface area contributed by atoms with Gasteiger partial charge in [0.05, 0.1) is 24.0 Å². The van der Waals surface area contributed by atoms with Gasteiger partial charge in [-0.3, -0.25) is 9.59 Å². The second kappa shape index (κ2) is 9.16. The summed E-state index contributed by atoms with van der Waals surface area (Å²) in [6.45, 7) is 4.02. The molecule has 1 saturated heterocycles. The van der Waals surface area contributed by atoms with Crippen LogP contribution in [0.2, 0.25) is 0 Å². The number of rotatable bonds is 8. The molecular formula is C19H28N2O4S. The Morgan fingerprint density at radius 1 is 1.27 bits per heavy atom. The number of nitrogens with one attached hydrogen (secondary N) is 1. The van der Waals surface area contributed by atoms with E-state index in [2.05, 4.69) is 5.32 Å². The summed E-state index contributed by atoms with van der Waals surface area (Å²) in [5, 5.41) is 2.84. The number of hydrogen-bond acceptors (Lipinski definition) is 4. The second-order valence-corrected chi connectivity index (χ2v) is 9.09. The molecule has 1 aromatic carbocycles. The smallest absolute Gasteiger partial charge is 0.225 e. The van der Waals surface area contributed by atoms with Crippen molar-refractivity contribution in [1.82, 2.24) is 10.2 Å². The van der Waals surface area contributed by atoms with E-state index in [4.69, 9.17) is 0 Å². The number of carbonyl (C=O) groups is 2. The first-order valence-corrected chi connectivity index (χ1v) is 11.0. The number of carbonyl (C=O) groups excluding carboxylic acids is 2. The third-order valence-electron chi connectivity index (χ3n) is 4.68. The average Bonchev–Trinajstić information content (AvgIpc) is 2.94. The number of unbranched alkanes of at least 4 members (excludes halogenated alkanes) is 1. The summed E-state index contributed by atoms with van der Waals surface area (Å²) in [6.07, 6.45) is 2.38. The van der Waals surface area contributed by atoms with E-state index in [-0.39, 0.29) is 35.8 Å². The molecule has 1 fully saturated rings. The van der Waals surface area contributed by atoms with E-state index in [0.29, 0.717) is 13.0 Å². The van der Waals surface area contributed by atoms with E-state index in [1.165, 1.54) is 6.92 Å². The highest BCUT2D eigenvalue weighted by atomic mass is 32.2. The molecular weight excluding hydrogens is 352 g/mol. The standard InChI is InChI=1S/C19H28N2O4S/c1-3-4-11-21(17-10-12-26(24,25)14-17)19(23)13-18(20-15(2)22)16-8-6-5-7-9-16/h5-9,17-18H,3-4,10-14H2,1-2H3,(H,20,22). The van der Waals surface area contributed by atoms with Gasteiger partial charge in [-0.25, -0.2) is 8.42 Å². The van der Waals surface area contributed by atoms with Gasteiger partial charge in [-0.05, 0) is 18.4 Å². The van der Waals surface area contributed by atoms with Crippen molar-refractivity contribution >= 4 is 21.7 Å². The molecule has 144 valence electrons. The van der Waals surface area contributed by atoms with Gasteiger partial charge in [0.1, 0.15) is 0 Å². The lowest BCUT2D eigenvalue weighted by Gasteiger charge is -2.30. The van der Waals surface area contributed by atoms with Crippen molar-refractivity contribution in [2.75, 3.05) is 18.1 Å². The van der Waals surface area contributed by atoms with Crippen molar-refractivity contribution in [2.24, 2.45) is 0 Å². The number of benzene rings is 1. The Labute approximate surface area is 155 Å². The molecule has 0 aromatic heterocycles. The van der Waals surface area contributed by atoms with Crippen LogP contribution in [0.25, 0.3) is 0 Å². The Morgan fingerprint density at radius 2 is 1.96 bits per heavy atom. The van der Waals surface area contributed by atoms with Crippen molar-refractivity contribution in [2.45, 2.75) is 51.6 Å². The Kier molecular flexibility index (Phi) is 7.20. The van der Waals surface area contributed by atoms with Crippen LogP contribution in [0.4, 0.5) is 0 Å². The first-order chi connectivity index (χ1) is 12.3. The van der Waals surface area contributed by atoms with Gasteiger partial charge < -0.3 is 10.2 Å². The molecule has 2 rings (SSSR count). The van der Waals surface area contributed by atoms with Crippen LogP contribution >= 0.6 is 0 Å². The highest BCUT2D eigenvalue weighted by molar-refractivity contribution is 7.91. The molecule has 0 spiro atoms. The highest BCUT2D eigenvalue weighted by Crippen LogP contribution is 2.23. The molecule has 1 aromatic rings. The van der Waals surface area contributed by atoms with Gasteiger partial charge in [-0.2, -0.15) is 0 Å². The summed E-state index contributed by atoms with van der Waals surface area (Å²) in [5.41, 5.74) is 0.866. The number of sulfone groups is 1. The molecule has 0 saturated carbocycles. The normalized spacial score (nSPS) is 19.7. The Morgan fingerprint density at radius 3 is 2.50 bits per heavy atom. The van der Waals surface area contributed by atoms with Crippen LogP contribution in [0, 0.1) is 0 Å². The fourth-order valence-corrected chi connectivity index (χ4v) is 5.07. The van der Waals surface area contributed by atoms with Crippen LogP contribution in [-0.2, 0) is 19.4 Å². The van der Waals surface area contributed by atoms with Crippen LogP contribution in [0.1, 0.15) is 51.1 Å². The predicted octanol–water partition coefficient (Wildman–Crippen LogP) is 2.07. The van der Waals surface area contributed by atoms with Crippen LogP contribution in [-0.4, -0.2) is 49.2 Å². The van der Waals surface area contributed by atoms with E-state index in [1.54, 1.807) is 4.90 Å². The third kappa shape index (κ3) is 5.83. The van der Waals surface area contributed by atoms with Crippen molar-refractivity contribution in [1.29, 1.82) is 0 Å². The van der Waals surface area contributed by atoms with Crippen molar-refractivity contribution in [3.8, 4) is 0 Å². The average molecular weight is 381 g/mol. The zero-order valence-corrected chi connectivity index (χ0v) is 16.3. The van der Waals surface area contributed by atoms with Gasteiger partial charge in [0.25, 0.3) is 0 Å². The molecule has 1 N–H and O–H groups in total. The van der Waals surface area contributed by atoms with E-state index in [1.807, 2.05) is 37.3 Å². The summed E-state index contributed by atoms with van der Waals surface area (Å²) in [4.78, 5) is 26.3. The SMILES string of the molecule is CCCCN(C(=O)CC(NC(C)=O)c1ccccc1)C1CCS(=O)(=O)C1. The predicted molar refractivity (Wildman–Crippen MR) is 101 cm³/mol. The molecule has 0 aliphatic carbocycles. The zero-order chi connectivity index (χ0) is 19.2. The quantitative estimate of drug-likeness (QED) is 0.748. The van der Waals surface area contributed by atoms with Gasteiger partial charge in [-0.1, -0.05) is 43.7 Å². The Balaban J connectivity index is 2.15. The number of hydrogen-bond donors (Lipinski definition) is 1. The third-order valence-corrected chi connectivity index (χ3v) is 6.43. The van der Waals surface area contributed by atoms with E-state index < -0.39 is 15.9 Å². The van der Waals surface area contributed by atoms with Crippen LogP contribution < -0.4 is 5.32 Å². The Hall–Kier alpha value is -1.89. The monoisotopic (exact) mass is 380 g/mol. The maximum atomic E-state index is 13.0. The van der Waals surface area contributed by atoms with Gasteiger partial charge in [-0.15, -0.1) is 0 Å². The topological polar surface area (TPSA) is 83.6 Å². The molecule has 6 nitrogen and oxygen atoms in total. The molecule has 0 bridgehead atoms. The first kappa shape index (κ1) is 20.4. The molecule has 1 aliphatic heterocycles. The van der Waals surface area contributed by atoms with Gasteiger partial charge in [0.15, 0.2) is 9.84 Å². The lowest BCUT2D eigenvalue weighted by atomic mass is 10.0. The van der Waals surface area contributed by atoms with Crippen molar-refractivity contribution in [3.05, 3.63) is 35.9 Å². The zero-order valence-electron chi connectivity index (χ0n) is 15.5. The first-order valence-electron chi connectivity index (χ1n) is 9.14. The fourth-order valence-electron chi connectivity index (χ4n) is 3.34. The fraction of sp³-hybridized carbons (Fsp3) is 0.579. The number of nitrogens with zero attached hydrogens (tertiary/aromatic N) is 1. The molecule has 0 radical (unpaired) electrons. The van der Waals surface area contributed by atoms with E-state index >= 15 is 0 Å². The maximum absolute atomic E-state index is 13.0. The summed E-state index contributed by atoms with van der Waals surface area (Å²) < 4.78 is 23.7. The molecule has 2 amide bonds. The minimum Gasteiger partial charge on any atom is -0.349 e. The lowest BCUT2D eigenvalue weighted by Crippen LogP contribution is -2.43. The number of amides is 2. The van der Waals surface area contributed by atoms with Gasteiger partial charge in [0.2, 0.25) is 11.8 Å².